The Balaban J connectivity index is 1.97. The smallest absolute Gasteiger partial charge is 0.305 e. The maximum absolute atomic E-state index is 12.4. The van der Waals surface area contributed by atoms with Gasteiger partial charge >= 0.3 is 5.97 Å². The molecule has 5 nitrogen and oxygen atoms in total. The van der Waals surface area contributed by atoms with E-state index >= 15 is 0 Å². The molecule has 2 N–H and O–H groups in total. The van der Waals surface area contributed by atoms with Crippen LogP contribution >= 0.6 is 0 Å². The highest BCUT2D eigenvalue weighted by molar-refractivity contribution is 5.79. The molecule has 1 atom stereocenters. The first-order valence-corrected chi connectivity index (χ1v) is 8.15. The van der Waals surface area contributed by atoms with E-state index in [-0.39, 0.29) is 18.2 Å². The van der Waals surface area contributed by atoms with Crippen molar-refractivity contribution in [1.82, 2.24) is 5.32 Å². The van der Waals surface area contributed by atoms with Crippen LogP contribution in [-0.4, -0.2) is 29.6 Å². The third-order valence-corrected chi connectivity index (χ3v) is 4.72. The number of hydrogen-bond donors (Lipinski definition) is 2. The minimum Gasteiger partial charge on any atom is -0.497 e. The summed E-state index contributed by atoms with van der Waals surface area (Å²) in [5.41, 5.74) is 0.575. The number of carboxylic acid groups (broad SMARTS) is 1. The van der Waals surface area contributed by atoms with Crippen molar-refractivity contribution in [2.24, 2.45) is 0 Å². The van der Waals surface area contributed by atoms with Gasteiger partial charge in [-0.2, -0.15) is 0 Å². The number of ether oxygens (including phenoxy) is 1. The van der Waals surface area contributed by atoms with Crippen molar-refractivity contribution in [2.75, 3.05) is 7.11 Å². The summed E-state index contributed by atoms with van der Waals surface area (Å²) in [6.45, 7) is 2.05. The van der Waals surface area contributed by atoms with Crippen molar-refractivity contribution in [2.45, 2.75) is 56.9 Å². The molecule has 0 bridgehead atoms. The van der Waals surface area contributed by atoms with Gasteiger partial charge in [-0.25, -0.2) is 0 Å². The summed E-state index contributed by atoms with van der Waals surface area (Å²) < 4.78 is 5.15. The molecule has 2 rings (SSSR count). The first-order valence-electron chi connectivity index (χ1n) is 8.15. The molecular weight excluding hydrogens is 294 g/mol. The van der Waals surface area contributed by atoms with Crippen molar-refractivity contribution in [3.05, 3.63) is 29.8 Å². The monoisotopic (exact) mass is 319 g/mol. The second-order valence-electron chi connectivity index (χ2n) is 6.34. The third kappa shape index (κ3) is 4.47. The van der Waals surface area contributed by atoms with E-state index in [9.17, 15) is 9.59 Å². The van der Waals surface area contributed by atoms with Gasteiger partial charge in [0.2, 0.25) is 5.91 Å². The van der Waals surface area contributed by atoms with E-state index in [1.165, 1.54) is 0 Å². The maximum Gasteiger partial charge on any atom is 0.305 e. The molecule has 0 radical (unpaired) electrons. The summed E-state index contributed by atoms with van der Waals surface area (Å²) in [6, 6.07) is 7.76. The van der Waals surface area contributed by atoms with Crippen molar-refractivity contribution < 1.29 is 19.4 Å². The van der Waals surface area contributed by atoms with Crippen LogP contribution in [0.2, 0.25) is 0 Å². The van der Waals surface area contributed by atoms with E-state index in [1.54, 1.807) is 7.11 Å². The summed E-state index contributed by atoms with van der Waals surface area (Å²) in [5, 5.41) is 12.0. The lowest BCUT2D eigenvalue weighted by molar-refractivity contribution is -0.140. The molecule has 126 valence electrons. The highest BCUT2D eigenvalue weighted by atomic mass is 16.5. The first-order chi connectivity index (χ1) is 11.0. The second-order valence-corrected chi connectivity index (χ2v) is 6.34. The Bertz CT molecular complexity index is 549. The molecule has 1 aromatic carbocycles. The molecule has 1 aliphatic rings. The van der Waals surface area contributed by atoms with Gasteiger partial charge in [0.05, 0.1) is 19.1 Å². The highest BCUT2D eigenvalue weighted by Crippen LogP contribution is 2.35. The summed E-state index contributed by atoms with van der Waals surface area (Å²) in [5.74, 6) is 0.00612. The SMILES string of the molecule is CCC(CC(=O)NC1(CC(=O)O)CCC1)c1ccc(OC)cc1. The minimum absolute atomic E-state index is 0.0120. The van der Waals surface area contributed by atoms with E-state index in [4.69, 9.17) is 9.84 Å². The standard InChI is InChI=1S/C18H25NO4/c1-3-13(14-5-7-15(23-2)8-6-14)11-16(20)19-18(9-4-10-18)12-17(21)22/h5-8,13H,3-4,9-12H2,1-2H3,(H,19,20)(H,21,22). The van der Waals surface area contributed by atoms with Gasteiger partial charge in [0.25, 0.3) is 0 Å². The van der Waals surface area contributed by atoms with Gasteiger partial charge in [-0.1, -0.05) is 19.1 Å². The number of nitrogens with one attached hydrogen (secondary N) is 1. The molecule has 0 saturated heterocycles. The summed E-state index contributed by atoms with van der Waals surface area (Å²) in [7, 11) is 1.63. The molecule has 0 heterocycles. The number of carbonyl (C=O) groups excluding carboxylic acids is 1. The minimum atomic E-state index is -0.854. The van der Waals surface area contributed by atoms with Crippen LogP contribution in [-0.2, 0) is 9.59 Å². The molecule has 0 spiro atoms. The molecule has 1 unspecified atom stereocenters. The Morgan fingerprint density at radius 1 is 1.30 bits per heavy atom. The highest BCUT2D eigenvalue weighted by Gasteiger charge is 2.40. The largest absolute Gasteiger partial charge is 0.497 e. The molecule has 1 saturated carbocycles. The van der Waals surface area contributed by atoms with Crippen molar-refractivity contribution in [1.29, 1.82) is 0 Å². The number of hydrogen-bond acceptors (Lipinski definition) is 3. The van der Waals surface area contributed by atoms with Gasteiger partial charge in [-0.3, -0.25) is 9.59 Å². The van der Waals surface area contributed by atoms with Crippen LogP contribution in [0.4, 0.5) is 0 Å². The molecule has 5 heteroatoms. The number of carbonyl (C=O) groups is 2. The van der Waals surface area contributed by atoms with Gasteiger partial charge in [0, 0.05) is 6.42 Å². The maximum atomic E-state index is 12.4. The Morgan fingerprint density at radius 3 is 2.39 bits per heavy atom. The van der Waals surface area contributed by atoms with Gasteiger partial charge < -0.3 is 15.2 Å². The normalized spacial score (nSPS) is 17.0. The summed E-state index contributed by atoms with van der Waals surface area (Å²) in [4.78, 5) is 23.4. The van der Waals surface area contributed by atoms with Crippen molar-refractivity contribution in [3.8, 4) is 5.75 Å². The molecule has 0 aromatic heterocycles. The van der Waals surface area contributed by atoms with E-state index < -0.39 is 11.5 Å². The van der Waals surface area contributed by atoms with E-state index in [0.29, 0.717) is 6.42 Å². The van der Waals surface area contributed by atoms with Gasteiger partial charge in [-0.05, 0) is 49.3 Å². The molecule has 1 fully saturated rings. The Morgan fingerprint density at radius 2 is 1.96 bits per heavy atom. The van der Waals surface area contributed by atoms with E-state index in [0.717, 1.165) is 37.0 Å². The second kappa shape index (κ2) is 7.49. The molecule has 1 aliphatic carbocycles. The lowest BCUT2D eigenvalue weighted by Gasteiger charge is -2.41. The zero-order valence-electron chi connectivity index (χ0n) is 13.8. The average molecular weight is 319 g/mol. The van der Waals surface area contributed by atoms with Crippen LogP contribution in [0.3, 0.4) is 0 Å². The van der Waals surface area contributed by atoms with E-state index in [2.05, 4.69) is 12.2 Å². The fourth-order valence-electron chi connectivity index (χ4n) is 3.18. The lowest BCUT2D eigenvalue weighted by atomic mass is 9.74. The third-order valence-electron chi connectivity index (χ3n) is 4.72. The van der Waals surface area contributed by atoms with Gasteiger partial charge in [0.15, 0.2) is 0 Å². The summed E-state index contributed by atoms with van der Waals surface area (Å²) >= 11 is 0. The Kier molecular flexibility index (Phi) is 5.64. The Labute approximate surface area is 137 Å². The van der Waals surface area contributed by atoms with Crippen LogP contribution in [0.5, 0.6) is 5.75 Å². The predicted octanol–water partition coefficient (Wildman–Crippen LogP) is 3.09. The first kappa shape index (κ1) is 17.3. The number of rotatable bonds is 8. The van der Waals surface area contributed by atoms with Crippen LogP contribution in [0.25, 0.3) is 0 Å². The topological polar surface area (TPSA) is 75.6 Å². The van der Waals surface area contributed by atoms with Crippen LogP contribution in [0, 0.1) is 0 Å². The molecule has 0 aliphatic heterocycles. The number of aliphatic carboxylic acids is 1. The zero-order valence-corrected chi connectivity index (χ0v) is 13.8. The molecule has 23 heavy (non-hydrogen) atoms. The number of amides is 1. The fourth-order valence-corrected chi connectivity index (χ4v) is 3.18. The van der Waals surface area contributed by atoms with E-state index in [1.807, 2.05) is 24.3 Å². The average Bonchev–Trinajstić information content (AvgIpc) is 2.50. The molecule has 1 amide bonds. The number of carboxylic acids is 1. The van der Waals surface area contributed by atoms with Gasteiger partial charge in [-0.15, -0.1) is 0 Å². The quantitative estimate of drug-likeness (QED) is 0.772. The van der Waals surface area contributed by atoms with Crippen LogP contribution in [0.15, 0.2) is 24.3 Å². The van der Waals surface area contributed by atoms with Crippen LogP contribution < -0.4 is 10.1 Å². The van der Waals surface area contributed by atoms with Gasteiger partial charge in [0.1, 0.15) is 5.75 Å². The van der Waals surface area contributed by atoms with Crippen LogP contribution in [0.1, 0.15) is 56.9 Å². The summed E-state index contributed by atoms with van der Waals surface area (Å²) in [6.07, 6.45) is 3.73. The lowest BCUT2D eigenvalue weighted by Crippen LogP contribution is -2.54. The molecular formula is C18H25NO4. The van der Waals surface area contributed by atoms with Crippen molar-refractivity contribution in [3.63, 3.8) is 0 Å². The fraction of sp³-hybridized carbons (Fsp3) is 0.556. The number of benzene rings is 1. The van der Waals surface area contributed by atoms with Crippen molar-refractivity contribution >= 4 is 11.9 Å². The number of methoxy groups -OCH3 is 1. The molecule has 1 aromatic rings. The predicted molar refractivity (Wildman–Crippen MR) is 87.6 cm³/mol. The Hall–Kier alpha value is -2.04. The zero-order chi connectivity index (χ0) is 16.9.